The Labute approximate surface area is 89.6 Å². The molecule has 74 valence electrons. The first-order chi connectivity index (χ1) is 6.95. The van der Waals surface area contributed by atoms with Gasteiger partial charge in [-0.15, -0.1) is 0 Å². The average molecular weight is 205 g/mol. The van der Waals surface area contributed by atoms with Gasteiger partial charge in [0.15, 0.2) is 0 Å². The van der Waals surface area contributed by atoms with Crippen LogP contribution in [-0.2, 0) is 6.54 Å². The summed E-state index contributed by atoms with van der Waals surface area (Å²) < 4.78 is 0. The topological polar surface area (TPSA) is 12.0 Å². The van der Waals surface area contributed by atoms with Gasteiger partial charge in [-0.05, 0) is 5.56 Å². The lowest BCUT2D eigenvalue weighted by Gasteiger charge is -2.17. The Kier molecular flexibility index (Phi) is 3.66. The standard InChI is InChI=1S/C12H15NS/c1-2-5-11(6-3-1)9-13-12-7-4-8-14-10-12/h1-7,12-13H,8-10H2/t12-/m1/s1. The van der Waals surface area contributed by atoms with Gasteiger partial charge in [-0.25, -0.2) is 0 Å². The van der Waals surface area contributed by atoms with Crippen molar-refractivity contribution in [2.24, 2.45) is 0 Å². The predicted molar refractivity (Wildman–Crippen MR) is 63.5 cm³/mol. The summed E-state index contributed by atoms with van der Waals surface area (Å²) in [5.74, 6) is 2.37. The molecular formula is C12H15NS. The van der Waals surface area contributed by atoms with Crippen molar-refractivity contribution in [3.63, 3.8) is 0 Å². The van der Waals surface area contributed by atoms with Gasteiger partial charge >= 0.3 is 0 Å². The lowest BCUT2D eigenvalue weighted by Crippen LogP contribution is -2.30. The molecule has 0 bridgehead atoms. The number of thioether (sulfide) groups is 1. The van der Waals surface area contributed by atoms with Gasteiger partial charge in [-0.3, -0.25) is 0 Å². The molecule has 0 saturated carbocycles. The fraction of sp³-hybridized carbons (Fsp3) is 0.333. The van der Waals surface area contributed by atoms with E-state index in [2.05, 4.69) is 47.8 Å². The molecule has 0 aromatic heterocycles. The van der Waals surface area contributed by atoms with Gasteiger partial charge in [-0.1, -0.05) is 42.5 Å². The van der Waals surface area contributed by atoms with Gasteiger partial charge in [0.25, 0.3) is 0 Å². The van der Waals surface area contributed by atoms with E-state index in [-0.39, 0.29) is 0 Å². The quantitative estimate of drug-likeness (QED) is 0.761. The van der Waals surface area contributed by atoms with E-state index in [1.54, 1.807) is 0 Å². The third-order valence-corrected chi connectivity index (χ3v) is 3.31. The summed E-state index contributed by atoms with van der Waals surface area (Å²) in [6.07, 6.45) is 4.52. The van der Waals surface area contributed by atoms with Gasteiger partial charge in [0, 0.05) is 24.1 Å². The predicted octanol–water partition coefficient (Wildman–Crippen LogP) is 2.45. The maximum absolute atomic E-state index is 3.53. The smallest absolute Gasteiger partial charge is 0.0344 e. The molecule has 1 atom stereocenters. The summed E-state index contributed by atoms with van der Waals surface area (Å²) in [5.41, 5.74) is 1.36. The van der Waals surface area contributed by atoms with Crippen molar-refractivity contribution in [1.82, 2.24) is 5.32 Å². The van der Waals surface area contributed by atoms with E-state index < -0.39 is 0 Å². The van der Waals surface area contributed by atoms with Crippen LogP contribution < -0.4 is 5.32 Å². The van der Waals surface area contributed by atoms with Gasteiger partial charge in [0.1, 0.15) is 0 Å². The highest BCUT2D eigenvalue weighted by molar-refractivity contribution is 7.99. The van der Waals surface area contributed by atoms with E-state index in [1.165, 1.54) is 17.1 Å². The molecule has 1 aromatic carbocycles. The number of hydrogen-bond donors (Lipinski definition) is 1. The van der Waals surface area contributed by atoms with Crippen LogP contribution in [0.25, 0.3) is 0 Å². The number of nitrogens with one attached hydrogen (secondary N) is 1. The van der Waals surface area contributed by atoms with Crippen molar-refractivity contribution in [2.45, 2.75) is 12.6 Å². The molecule has 0 aliphatic carbocycles. The largest absolute Gasteiger partial charge is 0.306 e. The molecule has 0 saturated heterocycles. The SMILES string of the molecule is C1=C[C@@H](NCc2ccccc2)CSC1. The molecule has 1 heterocycles. The monoisotopic (exact) mass is 205 g/mol. The number of benzene rings is 1. The normalized spacial score (nSPS) is 21.0. The molecule has 0 amide bonds. The third kappa shape index (κ3) is 2.89. The fourth-order valence-electron chi connectivity index (χ4n) is 1.51. The summed E-state index contributed by atoms with van der Waals surface area (Å²) in [5, 5.41) is 3.53. The van der Waals surface area contributed by atoms with Crippen LogP contribution in [0.4, 0.5) is 0 Å². The minimum atomic E-state index is 0.550. The molecule has 14 heavy (non-hydrogen) atoms. The zero-order valence-corrected chi connectivity index (χ0v) is 8.96. The van der Waals surface area contributed by atoms with E-state index >= 15 is 0 Å². The maximum atomic E-state index is 3.53. The van der Waals surface area contributed by atoms with Gasteiger partial charge in [-0.2, -0.15) is 11.8 Å². The summed E-state index contributed by atoms with van der Waals surface area (Å²) >= 11 is 1.99. The molecule has 0 radical (unpaired) electrons. The second-order valence-corrected chi connectivity index (χ2v) is 4.51. The van der Waals surface area contributed by atoms with Crippen molar-refractivity contribution in [1.29, 1.82) is 0 Å². The van der Waals surface area contributed by atoms with Crippen LogP contribution in [0.5, 0.6) is 0 Å². The molecule has 0 spiro atoms. The van der Waals surface area contributed by atoms with Gasteiger partial charge in [0.05, 0.1) is 0 Å². The highest BCUT2D eigenvalue weighted by atomic mass is 32.2. The Bertz CT molecular complexity index is 294. The molecular weight excluding hydrogens is 190 g/mol. The van der Waals surface area contributed by atoms with E-state index in [0.29, 0.717) is 6.04 Å². The summed E-state index contributed by atoms with van der Waals surface area (Å²) in [6.45, 7) is 0.969. The summed E-state index contributed by atoms with van der Waals surface area (Å²) in [7, 11) is 0. The van der Waals surface area contributed by atoms with Crippen LogP contribution in [-0.4, -0.2) is 17.5 Å². The Morgan fingerprint density at radius 1 is 1.29 bits per heavy atom. The maximum Gasteiger partial charge on any atom is 0.0344 e. The highest BCUT2D eigenvalue weighted by Crippen LogP contribution is 2.10. The number of rotatable bonds is 3. The lowest BCUT2D eigenvalue weighted by molar-refractivity contribution is 0.637. The molecule has 2 rings (SSSR count). The second kappa shape index (κ2) is 5.23. The first kappa shape index (κ1) is 9.81. The van der Waals surface area contributed by atoms with E-state index in [1.807, 2.05) is 11.8 Å². The third-order valence-electron chi connectivity index (χ3n) is 2.29. The van der Waals surface area contributed by atoms with Crippen molar-refractivity contribution >= 4 is 11.8 Å². The molecule has 1 N–H and O–H groups in total. The first-order valence-electron chi connectivity index (χ1n) is 4.97. The summed E-state index contributed by atoms with van der Waals surface area (Å²) in [4.78, 5) is 0. The molecule has 1 aliphatic rings. The Morgan fingerprint density at radius 3 is 2.86 bits per heavy atom. The zero-order chi connectivity index (χ0) is 9.64. The first-order valence-corrected chi connectivity index (χ1v) is 6.12. The van der Waals surface area contributed by atoms with Crippen LogP contribution in [0.1, 0.15) is 5.56 Å². The minimum Gasteiger partial charge on any atom is -0.306 e. The molecule has 0 fully saturated rings. The molecule has 1 nitrogen and oxygen atoms in total. The van der Waals surface area contributed by atoms with E-state index in [0.717, 1.165) is 6.54 Å². The Hall–Kier alpha value is -0.730. The van der Waals surface area contributed by atoms with E-state index in [4.69, 9.17) is 0 Å². The zero-order valence-electron chi connectivity index (χ0n) is 8.15. The van der Waals surface area contributed by atoms with E-state index in [9.17, 15) is 0 Å². The highest BCUT2D eigenvalue weighted by Gasteiger charge is 2.06. The van der Waals surface area contributed by atoms with Crippen LogP contribution in [0.2, 0.25) is 0 Å². The number of hydrogen-bond acceptors (Lipinski definition) is 2. The van der Waals surface area contributed by atoms with Gasteiger partial charge in [0.2, 0.25) is 0 Å². The van der Waals surface area contributed by atoms with Crippen molar-refractivity contribution in [2.75, 3.05) is 11.5 Å². The second-order valence-electron chi connectivity index (χ2n) is 3.44. The lowest BCUT2D eigenvalue weighted by atomic mass is 10.2. The van der Waals surface area contributed by atoms with Crippen LogP contribution in [0.15, 0.2) is 42.5 Å². The van der Waals surface area contributed by atoms with Crippen molar-refractivity contribution < 1.29 is 0 Å². The molecule has 1 aliphatic heterocycles. The van der Waals surface area contributed by atoms with Gasteiger partial charge < -0.3 is 5.32 Å². The fourth-order valence-corrected chi connectivity index (χ4v) is 2.38. The van der Waals surface area contributed by atoms with Crippen LogP contribution >= 0.6 is 11.8 Å². The van der Waals surface area contributed by atoms with Crippen LogP contribution in [0.3, 0.4) is 0 Å². The van der Waals surface area contributed by atoms with Crippen molar-refractivity contribution in [3.05, 3.63) is 48.0 Å². The minimum absolute atomic E-state index is 0.550. The van der Waals surface area contributed by atoms with Crippen molar-refractivity contribution in [3.8, 4) is 0 Å². The average Bonchev–Trinajstić information content (AvgIpc) is 2.29. The molecule has 2 heteroatoms. The molecule has 1 aromatic rings. The Morgan fingerprint density at radius 2 is 2.14 bits per heavy atom. The summed E-state index contributed by atoms with van der Waals surface area (Å²) in [6, 6.07) is 11.1. The van der Waals surface area contributed by atoms with Crippen LogP contribution in [0, 0.1) is 0 Å². The Balaban J connectivity index is 1.82. The molecule has 0 unspecified atom stereocenters.